The number of hydrogen-bond acceptors (Lipinski definition) is 5. The van der Waals surface area contributed by atoms with E-state index in [9.17, 15) is 0 Å². The van der Waals surface area contributed by atoms with Gasteiger partial charge in [-0.2, -0.15) is 0 Å². The van der Waals surface area contributed by atoms with Gasteiger partial charge in [0.05, 0.1) is 25.9 Å². The van der Waals surface area contributed by atoms with E-state index >= 15 is 0 Å². The number of unbranched alkanes of at least 4 members (excludes halogenated alkanes) is 7. The molecule has 0 radical (unpaired) electrons. The van der Waals surface area contributed by atoms with E-state index in [0.29, 0.717) is 12.5 Å². The highest BCUT2D eigenvalue weighted by atomic mass is 16.5. The van der Waals surface area contributed by atoms with Crippen molar-refractivity contribution in [3.63, 3.8) is 0 Å². The Labute approximate surface area is 171 Å². The molecule has 0 saturated carbocycles. The topological polar surface area (TPSA) is 52.6 Å². The Balaban J connectivity index is 1.67. The van der Waals surface area contributed by atoms with Gasteiger partial charge in [0, 0.05) is 32.2 Å². The number of pyridine rings is 1. The molecule has 1 atom stereocenters. The summed E-state index contributed by atoms with van der Waals surface area (Å²) in [6.45, 7) is 5.50. The third-order valence-electron chi connectivity index (χ3n) is 5.37. The fraction of sp³-hybridized carbons (Fsp3) is 0.783. The van der Waals surface area contributed by atoms with E-state index in [0.717, 1.165) is 38.2 Å². The van der Waals surface area contributed by atoms with Crippen LogP contribution in [0.4, 0.5) is 0 Å². The molecule has 0 aromatic carbocycles. The molecule has 160 valence electrons. The second-order valence-electron chi connectivity index (χ2n) is 7.80. The molecule has 1 N–H and O–H groups in total. The maximum Gasteiger partial charge on any atom is 0.213 e. The normalized spacial score (nSPS) is 16.2. The molecule has 1 saturated heterocycles. The van der Waals surface area contributed by atoms with Gasteiger partial charge < -0.3 is 19.5 Å². The Bertz CT molecular complexity index is 489. The van der Waals surface area contributed by atoms with Gasteiger partial charge in [0.1, 0.15) is 6.10 Å². The molecular formula is C23H40N2O3. The summed E-state index contributed by atoms with van der Waals surface area (Å²) in [4.78, 5) is 4.51. The van der Waals surface area contributed by atoms with Crippen molar-refractivity contribution in [3.8, 4) is 5.88 Å². The number of ether oxygens (including phenoxy) is 3. The molecule has 1 aromatic rings. The molecule has 2 rings (SSSR count). The van der Waals surface area contributed by atoms with Gasteiger partial charge in [-0.1, -0.05) is 57.9 Å². The Hall–Kier alpha value is -1.17. The molecular weight excluding hydrogens is 352 g/mol. The van der Waals surface area contributed by atoms with E-state index in [1.54, 1.807) is 7.11 Å². The van der Waals surface area contributed by atoms with Crippen LogP contribution in [0.2, 0.25) is 0 Å². The first kappa shape index (κ1) is 23.1. The Morgan fingerprint density at radius 3 is 2.43 bits per heavy atom. The summed E-state index contributed by atoms with van der Waals surface area (Å²) in [6, 6.07) is 4.26. The highest BCUT2D eigenvalue weighted by molar-refractivity contribution is 5.21. The highest BCUT2D eigenvalue weighted by Crippen LogP contribution is 2.19. The molecule has 0 aliphatic carbocycles. The maximum absolute atomic E-state index is 5.97. The van der Waals surface area contributed by atoms with E-state index in [1.807, 2.05) is 12.3 Å². The summed E-state index contributed by atoms with van der Waals surface area (Å²) >= 11 is 0. The summed E-state index contributed by atoms with van der Waals surface area (Å²) in [6.07, 6.45) is 14.7. The van der Waals surface area contributed by atoms with Crippen LogP contribution in [0.1, 0.15) is 82.7 Å². The largest absolute Gasteiger partial charge is 0.474 e. The van der Waals surface area contributed by atoms with Gasteiger partial charge >= 0.3 is 0 Å². The first-order valence-electron chi connectivity index (χ1n) is 11.3. The smallest absolute Gasteiger partial charge is 0.213 e. The van der Waals surface area contributed by atoms with Gasteiger partial charge in [-0.3, -0.25) is 0 Å². The summed E-state index contributed by atoms with van der Waals surface area (Å²) in [5.74, 6) is 0.704. The highest BCUT2D eigenvalue weighted by Gasteiger charge is 2.16. The zero-order valence-electron chi connectivity index (χ0n) is 18.0. The minimum absolute atomic E-state index is 0.180. The van der Waals surface area contributed by atoms with Crippen LogP contribution in [0.5, 0.6) is 5.88 Å². The van der Waals surface area contributed by atoms with Gasteiger partial charge in [0.25, 0.3) is 0 Å². The van der Waals surface area contributed by atoms with E-state index in [-0.39, 0.29) is 12.1 Å². The van der Waals surface area contributed by atoms with Crippen molar-refractivity contribution in [1.29, 1.82) is 0 Å². The average molecular weight is 393 g/mol. The molecule has 1 aliphatic heterocycles. The van der Waals surface area contributed by atoms with Crippen molar-refractivity contribution in [3.05, 3.63) is 23.9 Å². The fourth-order valence-electron chi connectivity index (χ4n) is 3.61. The van der Waals surface area contributed by atoms with Crippen LogP contribution in [-0.4, -0.2) is 44.6 Å². The molecule has 5 heteroatoms. The number of rotatable bonds is 15. The van der Waals surface area contributed by atoms with Gasteiger partial charge in [0.2, 0.25) is 5.88 Å². The summed E-state index contributed by atoms with van der Waals surface area (Å²) in [5.41, 5.74) is 1.15. The Kier molecular flexibility index (Phi) is 12.2. The van der Waals surface area contributed by atoms with Crippen LogP contribution < -0.4 is 10.1 Å². The second kappa shape index (κ2) is 14.8. The number of nitrogens with one attached hydrogen (secondary N) is 1. The minimum atomic E-state index is 0.180. The molecule has 0 spiro atoms. The summed E-state index contributed by atoms with van der Waals surface area (Å²) in [7, 11) is 1.75. The maximum atomic E-state index is 5.97. The van der Waals surface area contributed by atoms with Crippen molar-refractivity contribution in [2.75, 3.05) is 33.5 Å². The monoisotopic (exact) mass is 392 g/mol. The van der Waals surface area contributed by atoms with Gasteiger partial charge in [-0.15, -0.1) is 0 Å². The summed E-state index contributed by atoms with van der Waals surface area (Å²) in [5, 5.41) is 3.63. The molecule has 28 heavy (non-hydrogen) atoms. The van der Waals surface area contributed by atoms with Crippen molar-refractivity contribution in [2.24, 2.45) is 0 Å². The van der Waals surface area contributed by atoms with Crippen LogP contribution >= 0.6 is 0 Å². The van der Waals surface area contributed by atoms with Crippen LogP contribution in [0, 0.1) is 0 Å². The lowest BCUT2D eigenvalue weighted by atomic mass is 10.1. The predicted octanol–water partition coefficient (Wildman–Crippen LogP) is 5.06. The number of nitrogens with zero attached hydrogens (tertiary/aromatic N) is 1. The van der Waals surface area contributed by atoms with Crippen LogP contribution in [0.15, 0.2) is 18.3 Å². The molecule has 0 amide bonds. The van der Waals surface area contributed by atoms with Crippen molar-refractivity contribution >= 4 is 0 Å². The van der Waals surface area contributed by atoms with Gasteiger partial charge in [0.15, 0.2) is 0 Å². The van der Waals surface area contributed by atoms with E-state index in [1.165, 1.54) is 51.4 Å². The zero-order valence-corrected chi connectivity index (χ0v) is 18.0. The SMILES string of the molecule is CCCCCCCCCCN[C@@H](COC)c1ccc(OC2CCOCC2)nc1. The molecule has 0 bridgehead atoms. The van der Waals surface area contributed by atoms with Crippen molar-refractivity contribution < 1.29 is 14.2 Å². The van der Waals surface area contributed by atoms with Crippen LogP contribution in [-0.2, 0) is 9.47 Å². The van der Waals surface area contributed by atoms with Crippen LogP contribution in [0.3, 0.4) is 0 Å². The lowest BCUT2D eigenvalue weighted by Gasteiger charge is -2.23. The van der Waals surface area contributed by atoms with Gasteiger partial charge in [-0.25, -0.2) is 4.98 Å². The molecule has 0 unspecified atom stereocenters. The first-order chi connectivity index (χ1) is 13.8. The molecule has 1 aromatic heterocycles. The third-order valence-corrected chi connectivity index (χ3v) is 5.37. The Morgan fingerprint density at radius 2 is 1.79 bits per heavy atom. The quantitative estimate of drug-likeness (QED) is 0.423. The zero-order chi connectivity index (χ0) is 19.9. The van der Waals surface area contributed by atoms with E-state index in [4.69, 9.17) is 14.2 Å². The number of hydrogen-bond donors (Lipinski definition) is 1. The van der Waals surface area contributed by atoms with Crippen molar-refractivity contribution in [1.82, 2.24) is 10.3 Å². The van der Waals surface area contributed by atoms with Gasteiger partial charge in [-0.05, 0) is 18.5 Å². The molecule has 5 nitrogen and oxygen atoms in total. The third kappa shape index (κ3) is 9.35. The lowest BCUT2D eigenvalue weighted by molar-refractivity contribution is 0.0237. The molecule has 1 fully saturated rings. The standard InChI is InChI=1S/C23H40N2O3/c1-3-4-5-6-7-8-9-10-15-24-22(19-26-2)20-11-12-23(25-18-20)28-21-13-16-27-17-14-21/h11-12,18,21-22,24H,3-10,13-17,19H2,1-2H3/t22-/m0/s1. The number of aromatic nitrogens is 1. The van der Waals surface area contributed by atoms with Crippen molar-refractivity contribution in [2.45, 2.75) is 83.3 Å². The Morgan fingerprint density at radius 1 is 1.07 bits per heavy atom. The van der Waals surface area contributed by atoms with Crippen LogP contribution in [0.25, 0.3) is 0 Å². The predicted molar refractivity (Wildman–Crippen MR) is 114 cm³/mol. The average Bonchev–Trinajstić information content (AvgIpc) is 2.73. The fourth-order valence-corrected chi connectivity index (χ4v) is 3.61. The van der Waals surface area contributed by atoms with E-state index in [2.05, 4.69) is 23.3 Å². The first-order valence-corrected chi connectivity index (χ1v) is 11.3. The summed E-state index contributed by atoms with van der Waals surface area (Å²) < 4.78 is 16.8. The lowest BCUT2D eigenvalue weighted by Crippen LogP contribution is -2.27. The second-order valence-corrected chi connectivity index (χ2v) is 7.80. The number of methoxy groups -OCH3 is 1. The molecule has 2 heterocycles. The minimum Gasteiger partial charge on any atom is -0.474 e. The van der Waals surface area contributed by atoms with E-state index < -0.39 is 0 Å². The molecule has 1 aliphatic rings.